The van der Waals surface area contributed by atoms with Crippen LogP contribution in [0, 0.1) is 0 Å². The van der Waals surface area contributed by atoms with E-state index in [9.17, 15) is 0 Å². The Bertz CT molecular complexity index is 879. The predicted octanol–water partition coefficient (Wildman–Crippen LogP) is 3.95. The van der Waals surface area contributed by atoms with E-state index < -0.39 is 0 Å². The molecule has 1 aliphatic heterocycles. The van der Waals surface area contributed by atoms with Gasteiger partial charge in [0.15, 0.2) is 11.5 Å². The third-order valence-electron chi connectivity index (χ3n) is 6.45. The highest BCUT2D eigenvalue weighted by molar-refractivity contribution is 5.43. The number of aromatic nitrogens is 2. The maximum Gasteiger partial charge on any atom is 0.161 e. The molecule has 1 saturated heterocycles. The molecule has 174 valence electrons. The van der Waals surface area contributed by atoms with Gasteiger partial charge in [-0.1, -0.05) is 6.07 Å². The van der Waals surface area contributed by atoms with Crippen molar-refractivity contribution in [2.75, 3.05) is 39.6 Å². The normalized spacial score (nSPS) is 19.3. The molecule has 7 heteroatoms. The van der Waals surface area contributed by atoms with Crippen LogP contribution >= 0.6 is 0 Å². The summed E-state index contributed by atoms with van der Waals surface area (Å²) < 4.78 is 11.8. The van der Waals surface area contributed by atoms with Crippen molar-refractivity contribution in [3.8, 4) is 11.5 Å². The van der Waals surface area contributed by atoms with Gasteiger partial charge in [-0.3, -0.25) is 4.90 Å². The minimum Gasteiger partial charge on any atom is -0.493 e. The lowest BCUT2D eigenvalue weighted by molar-refractivity contribution is 0.200. The van der Waals surface area contributed by atoms with Gasteiger partial charge in [-0.15, -0.1) is 0 Å². The van der Waals surface area contributed by atoms with Gasteiger partial charge in [0.2, 0.25) is 0 Å². The second-order valence-corrected chi connectivity index (χ2v) is 9.07. The van der Waals surface area contributed by atoms with E-state index in [-0.39, 0.29) is 0 Å². The average molecular weight is 440 g/mol. The zero-order valence-electron chi connectivity index (χ0n) is 19.7. The van der Waals surface area contributed by atoms with Gasteiger partial charge >= 0.3 is 0 Å². The number of methoxy groups -OCH3 is 1. The van der Waals surface area contributed by atoms with E-state index in [4.69, 9.17) is 19.4 Å². The number of nitrogens with zero attached hydrogens (tertiary/aromatic N) is 3. The third kappa shape index (κ3) is 5.90. The first-order valence-electron chi connectivity index (χ1n) is 11.9. The van der Waals surface area contributed by atoms with Crippen molar-refractivity contribution in [2.24, 2.45) is 0 Å². The first-order chi connectivity index (χ1) is 15.6. The second kappa shape index (κ2) is 11.0. The fourth-order valence-corrected chi connectivity index (χ4v) is 4.73. The van der Waals surface area contributed by atoms with E-state index >= 15 is 0 Å². The summed E-state index contributed by atoms with van der Waals surface area (Å²) in [5.74, 6) is 3.86. The molecule has 2 fully saturated rings. The van der Waals surface area contributed by atoms with Gasteiger partial charge < -0.3 is 20.1 Å². The van der Waals surface area contributed by atoms with E-state index in [1.54, 1.807) is 7.11 Å². The van der Waals surface area contributed by atoms with Crippen LogP contribution in [0.25, 0.3) is 0 Å². The van der Waals surface area contributed by atoms with Crippen molar-refractivity contribution in [1.29, 1.82) is 0 Å². The number of benzene rings is 1. The molecular weight excluding hydrogens is 402 g/mol. The van der Waals surface area contributed by atoms with E-state index in [1.165, 1.54) is 31.2 Å². The highest BCUT2D eigenvalue weighted by Crippen LogP contribution is 2.32. The summed E-state index contributed by atoms with van der Waals surface area (Å²) in [5.41, 5.74) is 2.32. The van der Waals surface area contributed by atoms with Crippen LogP contribution in [0.1, 0.15) is 61.5 Å². The van der Waals surface area contributed by atoms with Gasteiger partial charge in [0.05, 0.1) is 25.5 Å². The molecule has 1 aliphatic carbocycles. The number of hydrogen-bond donors (Lipinski definition) is 2. The highest BCUT2D eigenvalue weighted by Gasteiger charge is 2.20. The highest BCUT2D eigenvalue weighted by atomic mass is 16.5. The Kier molecular flexibility index (Phi) is 7.81. The molecule has 0 amide bonds. The fourth-order valence-electron chi connectivity index (χ4n) is 4.73. The maximum atomic E-state index is 6.18. The summed E-state index contributed by atoms with van der Waals surface area (Å²) >= 11 is 0. The molecular formula is C25H37N5O2. The van der Waals surface area contributed by atoms with E-state index in [1.807, 2.05) is 13.1 Å². The largest absolute Gasteiger partial charge is 0.493 e. The van der Waals surface area contributed by atoms with Crippen molar-refractivity contribution in [2.45, 2.75) is 63.6 Å². The van der Waals surface area contributed by atoms with Crippen molar-refractivity contribution in [1.82, 2.24) is 20.2 Å². The molecule has 1 aromatic heterocycles. The van der Waals surface area contributed by atoms with Gasteiger partial charge in [0, 0.05) is 32.1 Å². The predicted molar refractivity (Wildman–Crippen MR) is 127 cm³/mol. The molecule has 0 bridgehead atoms. The molecule has 0 spiro atoms. The Balaban J connectivity index is 1.42. The van der Waals surface area contributed by atoms with Crippen molar-refractivity contribution >= 4 is 5.82 Å². The van der Waals surface area contributed by atoms with Gasteiger partial charge in [-0.2, -0.15) is 0 Å². The smallest absolute Gasteiger partial charge is 0.161 e. The van der Waals surface area contributed by atoms with Gasteiger partial charge in [-0.05, 0) is 69.8 Å². The number of ether oxygens (including phenoxy) is 2. The minimum atomic E-state index is 0.322. The third-order valence-corrected chi connectivity index (χ3v) is 6.45. The Morgan fingerprint density at radius 3 is 2.62 bits per heavy atom. The number of piperidine rings is 1. The van der Waals surface area contributed by atoms with Crippen molar-refractivity contribution in [3.63, 3.8) is 0 Å². The van der Waals surface area contributed by atoms with Crippen LogP contribution in [0.3, 0.4) is 0 Å². The van der Waals surface area contributed by atoms with Crippen LogP contribution in [0.5, 0.6) is 11.5 Å². The number of anilines is 1. The van der Waals surface area contributed by atoms with Crippen LogP contribution < -0.4 is 20.1 Å². The summed E-state index contributed by atoms with van der Waals surface area (Å²) in [6, 6.07) is 8.36. The SMILES string of the molecule is CNc1cc([C@H]2CCCNC2)nc(CN(C)Cc2ccc(OC3CCCC3)c(OC)c2)n1. The molecule has 32 heavy (non-hydrogen) atoms. The van der Waals surface area contributed by atoms with Crippen LogP contribution in [0.2, 0.25) is 0 Å². The lowest BCUT2D eigenvalue weighted by Crippen LogP contribution is -2.29. The molecule has 2 heterocycles. The Hall–Kier alpha value is -2.38. The van der Waals surface area contributed by atoms with Crippen LogP contribution in [0.15, 0.2) is 24.3 Å². The van der Waals surface area contributed by atoms with Crippen LogP contribution in [0.4, 0.5) is 5.82 Å². The molecule has 7 nitrogen and oxygen atoms in total. The van der Waals surface area contributed by atoms with Crippen molar-refractivity contribution in [3.05, 3.63) is 41.3 Å². The lowest BCUT2D eigenvalue weighted by Gasteiger charge is -2.24. The summed E-state index contributed by atoms with van der Waals surface area (Å²) in [6.07, 6.45) is 7.48. The molecule has 2 aliphatic rings. The summed E-state index contributed by atoms with van der Waals surface area (Å²) in [4.78, 5) is 11.9. The monoisotopic (exact) mass is 439 g/mol. The summed E-state index contributed by atoms with van der Waals surface area (Å²) in [7, 11) is 5.73. The van der Waals surface area contributed by atoms with Gasteiger partial charge in [0.25, 0.3) is 0 Å². The standard InChI is InChI=1S/C25H37N5O2/c1-26-24-14-21(19-7-6-12-27-15-19)28-25(29-24)17-30(2)16-18-10-11-22(23(13-18)31-3)32-20-8-4-5-9-20/h10-11,13-14,19-20,27H,4-9,12,15-17H2,1-3H3,(H,26,28,29)/t19-/m0/s1. The molecule has 1 atom stereocenters. The Labute approximate surface area is 191 Å². The topological polar surface area (TPSA) is 71.5 Å². The number of hydrogen-bond acceptors (Lipinski definition) is 7. The second-order valence-electron chi connectivity index (χ2n) is 9.07. The lowest BCUT2D eigenvalue weighted by atomic mass is 9.96. The molecule has 2 N–H and O–H groups in total. The van der Waals surface area contributed by atoms with Gasteiger partial charge in [-0.25, -0.2) is 9.97 Å². The van der Waals surface area contributed by atoms with Crippen molar-refractivity contribution < 1.29 is 9.47 Å². The maximum absolute atomic E-state index is 6.18. The zero-order valence-corrected chi connectivity index (χ0v) is 19.7. The quantitative estimate of drug-likeness (QED) is 0.613. The first-order valence-corrected chi connectivity index (χ1v) is 11.9. The fraction of sp³-hybridized carbons (Fsp3) is 0.600. The minimum absolute atomic E-state index is 0.322. The number of nitrogens with one attached hydrogen (secondary N) is 2. The Morgan fingerprint density at radius 2 is 1.91 bits per heavy atom. The average Bonchev–Trinajstić information content (AvgIpc) is 3.33. The molecule has 0 radical (unpaired) electrons. The van der Waals surface area contributed by atoms with E-state index in [2.05, 4.69) is 40.8 Å². The van der Waals surface area contributed by atoms with Crippen LogP contribution in [-0.4, -0.2) is 55.3 Å². The molecule has 4 rings (SSSR count). The Morgan fingerprint density at radius 1 is 1.06 bits per heavy atom. The molecule has 2 aromatic rings. The van der Waals surface area contributed by atoms with E-state index in [0.29, 0.717) is 18.6 Å². The first kappa shape index (κ1) is 22.8. The molecule has 1 saturated carbocycles. The summed E-state index contributed by atoms with van der Waals surface area (Å²) in [6.45, 7) is 3.56. The zero-order chi connectivity index (χ0) is 22.3. The van der Waals surface area contributed by atoms with Crippen LogP contribution in [-0.2, 0) is 13.1 Å². The molecule has 0 unspecified atom stereocenters. The number of rotatable bonds is 9. The van der Waals surface area contributed by atoms with E-state index in [0.717, 1.165) is 61.3 Å². The van der Waals surface area contributed by atoms with Gasteiger partial charge in [0.1, 0.15) is 11.6 Å². The summed E-state index contributed by atoms with van der Waals surface area (Å²) in [5, 5.41) is 6.69. The molecule has 1 aromatic carbocycles.